The molecule has 8 heteroatoms. The number of thioether (sulfide) groups is 1. The van der Waals surface area contributed by atoms with Crippen LogP contribution in [0, 0.1) is 6.92 Å². The van der Waals surface area contributed by atoms with Crippen molar-refractivity contribution < 1.29 is 14.0 Å². The van der Waals surface area contributed by atoms with Crippen LogP contribution in [0.25, 0.3) is 0 Å². The van der Waals surface area contributed by atoms with E-state index in [1.807, 2.05) is 27.0 Å². The van der Waals surface area contributed by atoms with E-state index in [2.05, 4.69) is 9.97 Å². The summed E-state index contributed by atoms with van der Waals surface area (Å²) in [5, 5.41) is 0.716. The van der Waals surface area contributed by atoms with Gasteiger partial charge in [-0.3, -0.25) is 9.59 Å². The van der Waals surface area contributed by atoms with Crippen LogP contribution in [0.3, 0.4) is 0 Å². The lowest BCUT2D eigenvalue weighted by atomic mass is 10.1. The van der Waals surface area contributed by atoms with E-state index in [0.29, 0.717) is 48.0 Å². The third kappa shape index (κ3) is 4.00. The van der Waals surface area contributed by atoms with E-state index in [1.54, 1.807) is 15.9 Å². The van der Waals surface area contributed by atoms with Gasteiger partial charge in [-0.2, -0.15) is 0 Å². The van der Waals surface area contributed by atoms with Gasteiger partial charge in [-0.25, -0.2) is 9.97 Å². The van der Waals surface area contributed by atoms with Crippen molar-refractivity contribution in [3.05, 3.63) is 41.2 Å². The SMILES string of the molecule is CSc1nc(C(C)C)nc(C)c1C(=O)N1CCN(C(=O)c2ccoc2)CC1. The quantitative estimate of drug-likeness (QED) is 0.592. The predicted octanol–water partition coefficient (Wildman–Crippen LogP) is 2.82. The molecule has 0 aromatic carbocycles. The van der Waals surface area contributed by atoms with Crippen LogP contribution >= 0.6 is 11.8 Å². The molecular weight excluding hydrogens is 364 g/mol. The fraction of sp³-hybridized carbons (Fsp3) is 0.474. The minimum absolute atomic E-state index is 0.0671. The Bertz CT molecular complexity index is 828. The standard InChI is InChI=1S/C19H24N4O3S/c1-12(2)16-20-13(3)15(17(21-16)27-4)19(25)23-8-6-22(7-9-23)18(24)14-5-10-26-11-14/h5,10-12H,6-9H2,1-4H3. The van der Waals surface area contributed by atoms with E-state index in [-0.39, 0.29) is 17.7 Å². The van der Waals surface area contributed by atoms with E-state index in [9.17, 15) is 9.59 Å². The van der Waals surface area contributed by atoms with Crippen molar-refractivity contribution in [1.82, 2.24) is 19.8 Å². The van der Waals surface area contributed by atoms with Crippen LogP contribution in [-0.2, 0) is 0 Å². The molecule has 0 bridgehead atoms. The van der Waals surface area contributed by atoms with Gasteiger partial charge in [-0.15, -0.1) is 11.8 Å². The molecule has 0 saturated carbocycles. The molecule has 7 nitrogen and oxygen atoms in total. The van der Waals surface area contributed by atoms with Crippen molar-refractivity contribution in [3.63, 3.8) is 0 Å². The largest absolute Gasteiger partial charge is 0.472 e. The summed E-state index contributed by atoms with van der Waals surface area (Å²) in [5.74, 6) is 0.823. The molecule has 2 aromatic rings. The number of aromatic nitrogens is 2. The first-order valence-corrected chi connectivity index (χ1v) is 10.2. The average Bonchev–Trinajstić information content (AvgIpc) is 3.21. The molecule has 1 fully saturated rings. The fourth-order valence-electron chi connectivity index (χ4n) is 3.06. The maximum absolute atomic E-state index is 13.1. The number of aryl methyl sites for hydroxylation is 1. The lowest BCUT2D eigenvalue weighted by Gasteiger charge is -2.35. The Morgan fingerprint density at radius 1 is 1.11 bits per heavy atom. The van der Waals surface area contributed by atoms with Crippen molar-refractivity contribution in [2.75, 3.05) is 32.4 Å². The number of carbonyl (C=O) groups is 2. The maximum Gasteiger partial charge on any atom is 0.258 e. The van der Waals surface area contributed by atoms with Crippen LogP contribution in [-0.4, -0.2) is 64.0 Å². The molecule has 1 saturated heterocycles. The highest BCUT2D eigenvalue weighted by Gasteiger charge is 2.29. The molecule has 0 aliphatic carbocycles. The molecule has 1 aliphatic rings. The summed E-state index contributed by atoms with van der Waals surface area (Å²) in [6.07, 6.45) is 4.85. The molecule has 3 heterocycles. The number of piperazine rings is 1. The summed E-state index contributed by atoms with van der Waals surface area (Å²) in [4.78, 5) is 38.1. The van der Waals surface area contributed by atoms with E-state index in [4.69, 9.17) is 4.42 Å². The normalized spacial score (nSPS) is 14.7. The van der Waals surface area contributed by atoms with Gasteiger partial charge in [0.15, 0.2) is 0 Å². The van der Waals surface area contributed by atoms with Gasteiger partial charge in [-0.05, 0) is 19.2 Å². The average molecular weight is 388 g/mol. The highest BCUT2D eigenvalue weighted by Crippen LogP contribution is 2.25. The summed E-state index contributed by atoms with van der Waals surface area (Å²) >= 11 is 1.46. The molecule has 2 amide bonds. The molecule has 1 aliphatic heterocycles. The van der Waals surface area contributed by atoms with Crippen LogP contribution in [0.1, 0.15) is 52.0 Å². The third-order valence-corrected chi connectivity index (χ3v) is 5.30. The molecule has 0 N–H and O–H groups in total. The molecule has 2 aromatic heterocycles. The smallest absolute Gasteiger partial charge is 0.258 e. The van der Waals surface area contributed by atoms with E-state index in [1.165, 1.54) is 24.3 Å². The number of amides is 2. The topological polar surface area (TPSA) is 79.5 Å². The second-order valence-corrected chi connectivity index (χ2v) is 7.60. The van der Waals surface area contributed by atoms with Crippen LogP contribution in [0.5, 0.6) is 0 Å². The molecule has 144 valence electrons. The Hall–Kier alpha value is -2.35. The summed E-state index contributed by atoms with van der Waals surface area (Å²) in [5.41, 5.74) is 1.81. The van der Waals surface area contributed by atoms with Gasteiger partial charge >= 0.3 is 0 Å². The number of furan rings is 1. The summed E-state index contributed by atoms with van der Waals surface area (Å²) < 4.78 is 4.98. The Morgan fingerprint density at radius 2 is 1.74 bits per heavy atom. The van der Waals surface area contributed by atoms with Gasteiger partial charge < -0.3 is 14.2 Å². The van der Waals surface area contributed by atoms with Crippen LogP contribution in [0.4, 0.5) is 0 Å². The highest BCUT2D eigenvalue weighted by molar-refractivity contribution is 7.98. The van der Waals surface area contributed by atoms with Gasteiger partial charge in [0.25, 0.3) is 11.8 Å². The predicted molar refractivity (Wildman–Crippen MR) is 103 cm³/mol. The number of hydrogen-bond acceptors (Lipinski definition) is 6. The number of nitrogens with zero attached hydrogens (tertiary/aromatic N) is 4. The zero-order chi connectivity index (χ0) is 19.6. The third-order valence-electron chi connectivity index (χ3n) is 4.62. The van der Waals surface area contributed by atoms with Crippen molar-refractivity contribution in [2.24, 2.45) is 0 Å². The Morgan fingerprint density at radius 3 is 2.26 bits per heavy atom. The van der Waals surface area contributed by atoms with Gasteiger partial charge in [0.2, 0.25) is 0 Å². The first kappa shape index (κ1) is 19.4. The molecule has 0 radical (unpaired) electrons. The van der Waals surface area contributed by atoms with Crippen LogP contribution < -0.4 is 0 Å². The highest BCUT2D eigenvalue weighted by atomic mass is 32.2. The van der Waals surface area contributed by atoms with Crippen molar-refractivity contribution >= 4 is 23.6 Å². The van der Waals surface area contributed by atoms with Gasteiger partial charge in [0.1, 0.15) is 17.1 Å². The van der Waals surface area contributed by atoms with Gasteiger partial charge in [0, 0.05) is 32.1 Å². The van der Waals surface area contributed by atoms with E-state index < -0.39 is 0 Å². The lowest BCUT2D eigenvalue weighted by molar-refractivity contribution is 0.0531. The molecule has 3 rings (SSSR count). The first-order chi connectivity index (χ1) is 12.9. The monoisotopic (exact) mass is 388 g/mol. The van der Waals surface area contributed by atoms with E-state index in [0.717, 1.165) is 5.82 Å². The molecule has 0 spiro atoms. The number of carbonyl (C=O) groups excluding carboxylic acids is 2. The fourth-order valence-corrected chi connectivity index (χ4v) is 3.68. The Labute approximate surface area is 163 Å². The molecule has 0 unspecified atom stereocenters. The Balaban J connectivity index is 1.73. The van der Waals surface area contributed by atoms with Crippen molar-refractivity contribution in [1.29, 1.82) is 0 Å². The van der Waals surface area contributed by atoms with Crippen molar-refractivity contribution in [3.8, 4) is 0 Å². The van der Waals surface area contributed by atoms with Crippen LogP contribution in [0.15, 0.2) is 28.0 Å². The summed E-state index contributed by atoms with van der Waals surface area (Å²) in [6.45, 7) is 7.90. The minimum Gasteiger partial charge on any atom is -0.472 e. The van der Waals surface area contributed by atoms with Crippen LogP contribution in [0.2, 0.25) is 0 Å². The first-order valence-electron chi connectivity index (χ1n) is 8.95. The molecule has 0 atom stereocenters. The lowest BCUT2D eigenvalue weighted by Crippen LogP contribution is -2.50. The second-order valence-electron chi connectivity index (χ2n) is 6.80. The van der Waals surface area contributed by atoms with Crippen molar-refractivity contribution in [2.45, 2.75) is 31.7 Å². The van der Waals surface area contributed by atoms with Gasteiger partial charge in [0.05, 0.1) is 23.1 Å². The summed E-state index contributed by atoms with van der Waals surface area (Å²) in [6, 6.07) is 1.65. The Kier molecular flexibility index (Phi) is 5.84. The minimum atomic E-state index is -0.0681. The number of hydrogen-bond donors (Lipinski definition) is 0. The van der Waals surface area contributed by atoms with E-state index >= 15 is 0 Å². The maximum atomic E-state index is 13.1. The number of rotatable bonds is 4. The zero-order valence-electron chi connectivity index (χ0n) is 16.1. The van der Waals surface area contributed by atoms with Gasteiger partial charge in [-0.1, -0.05) is 13.8 Å². The molecular formula is C19H24N4O3S. The second kappa shape index (κ2) is 8.12. The summed E-state index contributed by atoms with van der Waals surface area (Å²) in [7, 11) is 0. The zero-order valence-corrected chi connectivity index (χ0v) is 16.9. The molecule has 27 heavy (non-hydrogen) atoms.